The molecule has 0 aliphatic rings. The van der Waals surface area contributed by atoms with Gasteiger partial charge in [0, 0.05) is 19.3 Å². The van der Waals surface area contributed by atoms with Crippen LogP contribution in [-0.4, -0.2) is 37.2 Å². The second-order valence-corrected chi connectivity index (χ2v) is 17.1. The van der Waals surface area contributed by atoms with Gasteiger partial charge in [-0.05, 0) is 57.8 Å². The first-order valence-corrected chi connectivity index (χ1v) is 25.6. The Kier molecular flexibility index (Phi) is 46.9. The van der Waals surface area contributed by atoms with Gasteiger partial charge in [-0.15, -0.1) is 0 Å². The van der Waals surface area contributed by atoms with Gasteiger partial charge in [0.2, 0.25) is 0 Å². The molecular weight excluding hydrogens is 745 g/mol. The van der Waals surface area contributed by atoms with Crippen LogP contribution in [0.4, 0.5) is 0 Å². The number of carbonyl (C=O) groups is 3. The first kappa shape index (κ1) is 57.4. The van der Waals surface area contributed by atoms with E-state index in [4.69, 9.17) is 14.2 Å². The summed E-state index contributed by atoms with van der Waals surface area (Å²) in [6, 6.07) is 0. The van der Waals surface area contributed by atoms with Crippen molar-refractivity contribution in [1.29, 1.82) is 0 Å². The zero-order valence-corrected chi connectivity index (χ0v) is 39.7. The van der Waals surface area contributed by atoms with Crippen molar-refractivity contribution in [3.8, 4) is 0 Å². The van der Waals surface area contributed by atoms with Gasteiger partial charge in [0.1, 0.15) is 13.2 Å². The van der Waals surface area contributed by atoms with E-state index in [9.17, 15) is 14.4 Å². The highest BCUT2D eigenvalue weighted by molar-refractivity contribution is 5.71. The summed E-state index contributed by atoms with van der Waals surface area (Å²) in [5, 5.41) is 0. The van der Waals surface area contributed by atoms with Gasteiger partial charge in [0.05, 0.1) is 0 Å². The lowest BCUT2D eigenvalue weighted by Crippen LogP contribution is -2.30. The molecule has 0 radical (unpaired) electrons. The molecule has 60 heavy (non-hydrogen) atoms. The first-order valence-electron chi connectivity index (χ1n) is 25.6. The summed E-state index contributed by atoms with van der Waals surface area (Å²) in [5.41, 5.74) is 0. The van der Waals surface area contributed by atoms with Gasteiger partial charge in [-0.1, -0.05) is 230 Å². The molecule has 0 heterocycles. The molecule has 0 fully saturated rings. The molecule has 1 unspecified atom stereocenters. The Morgan fingerprint density at radius 3 is 1.02 bits per heavy atom. The largest absolute Gasteiger partial charge is 0.462 e. The van der Waals surface area contributed by atoms with E-state index in [1.54, 1.807) is 0 Å². The first-order chi connectivity index (χ1) is 29.5. The molecule has 0 N–H and O–H groups in total. The minimum Gasteiger partial charge on any atom is -0.462 e. The average molecular weight is 841 g/mol. The maximum atomic E-state index is 12.6. The summed E-state index contributed by atoms with van der Waals surface area (Å²) < 4.78 is 16.6. The van der Waals surface area contributed by atoms with Crippen LogP contribution >= 0.6 is 0 Å². The molecule has 0 bridgehead atoms. The van der Waals surface area contributed by atoms with Crippen molar-refractivity contribution < 1.29 is 28.6 Å². The van der Waals surface area contributed by atoms with E-state index < -0.39 is 6.10 Å². The molecule has 1 atom stereocenters. The van der Waals surface area contributed by atoms with Crippen LogP contribution in [0.3, 0.4) is 0 Å². The summed E-state index contributed by atoms with van der Waals surface area (Å²) in [5.74, 6) is -0.881. The SMILES string of the molecule is CC/C=C\C/C=C\C/C=C\C/C=C\CCCCCCCCCCCCCCCCCCC(=O)OCC(COC(=O)CCCCCCCC)OC(=O)CCCCCCCCC. The van der Waals surface area contributed by atoms with Crippen molar-refractivity contribution in [2.24, 2.45) is 0 Å². The Labute approximate surface area is 371 Å². The number of hydrogen-bond acceptors (Lipinski definition) is 6. The zero-order valence-electron chi connectivity index (χ0n) is 39.7. The van der Waals surface area contributed by atoms with Gasteiger partial charge in [0.15, 0.2) is 6.10 Å². The fourth-order valence-electron chi connectivity index (χ4n) is 7.26. The molecule has 0 aliphatic heterocycles. The molecular formula is C54H96O6. The molecule has 0 aromatic heterocycles. The standard InChI is InChI=1S/C54H96O6/c1-4-7-10-13-16-17-18-19-20-21-22-23-24-25-26-27-28-29-30-31-32-33-34-35-36-37-39-41-44-47-53(56)59-50-51(49-58-52(55)46-43-40-15-12-9-6-3)60-54(57)48-45-42-38-14-11-8-5-2/h7,10,16-17,19-20,22-23,51H,4-6,8-9,11-15,18,21,24-50H2,1-3H3/b10-7-,17-16-,20-19-,23-22-. The van der Waals surface area contributed by atoms with Crippen molar-refractivity contribution in [3.05, 3.63) is 48.6 Å². The summed E-state index contributed by atoms with van der Waals surface area (Å²) in [6.07, 6.45) is 58.8. The molecule has 0 aromatic carbocycles. The predicted octanol–water partition coefficient (Wildman–Crippen LogP) is 16.7. The normalized spacial score (nSPS) is 12.4. The molecule has 348 valence electrons. The average Bonchev–Trinajstić information content (AvgIpc) is 3.24. The topological polar surface area (TPSA) is 78.9 Å². The van der Waals surface area contributed by atoms with E-state index in [-0.39, 0.29) is 31.1 Å². The Hall–Kier alpha value is -2.63. The fraction of sp³-hybridized carbons (Fsp3) is 0.796. The molecule has 6 heteroatoms. The summed E-state index contributed by atoms with van der Waals surface area (Å²) in [7, 11) is 0. The second-order valence-electron chi connectivity index (χ2n) is 17.1. The third-order valence-electron chi connectivity index (χ3n) is 11.1. The smallest absolute Gasteiger partial charge is 0.306 e. The minimum atomic E-state index is -0.762. The molecule has 6 nitrogen and oxygen atoms in total. The van der Waals surface area contributed by atoms with Gasteiger partial charge >= 0.3 is 17.9 Å². The van der Waals surface area contributed by atoms with Crippen molar-refractivity contribution >= 4 is 17.9 Å². The molecule has 0 aliphatic carbocycles. The van der Waals surface area contributed by atoms with Crippen LogP contribution in [0.1, 0.15) is 258 Å². The lowest BCUT2D eigenvalue weighted by Gasteiger charge is -2.18. The fourth-order valence-corrected chi connectivity index (χ4v) is 7.26. The number of allylic oxidation sites excluding steroid dienone is 8. The van der Waals surface area contributed by atoms with Crippen molar-refractivity contribution in [3.63, 3.8) is 0 Å². The third-order valence-corrected chi connectivity index (χ3v) is 11.1. The van der Waals surface area contributed by atoms with Crippen LogP contribution in [0.15, 0.2) is 48.6 Å². The van der Waals surface area contributed by atoms with E-state index >= 15 is 0 Å². The second kappa shape index (κ2) is 49.0. The number of unbranched alkanes of at least 4 members (excludes halogenated alkanes) is 27. The maximum Gasteiger partial charge on any atom is 0.306 e. The van der Waals surface area contributed by atoms with Gasteiger partial charge in [0.25, 0.3) is 0 Å². The Bertz CT molecular complexity index is 1060. The Morgan fingerprint density at radius 1 is 0.350 bits per heavy atom. The molecule has 0 spiro atoms. The summed E-state index contributed by atoms with van der Waals surface area (Å²) >= 11 is 0. The van der Waals surface area contributed by atoms with Crippen LogP contribution in [0.2, 0.25) is 0 Å². The van der Waals surface area contributed by atoms with E-state index in [0.717, 1.165) is 83.5 Å². The lowest BCUT2D eigenvalue weighted by molar-refractivity contribution is -0.167. The number of rotatable bonds is 46. The number of hydrogen-bond donors (Lipinski definition) is 0. The molecule has 0 saturated carbocycles. The molecule has 0 aromatic rings. The van der Waals surface area contributed by atoms with Crippen molar-refractivity contribution in [2.45, 2.75) is 264 Å². The van der Waals surface area contributed by atoms with Crippen molar-refractivity contribution in [1.82, 2.24) is 0 Å². The van der Waals surface area contributed by atoms with Gasteiger partial charge in [-0.2, -0.15) is 0 Å². The number of esters is 3. The third kappa shape index (κ3) is 46.4. The van der Waals surface area contributed by atoms with E-state index in [2.05, 4.69) is 69.4 Å². The van der Waals surface area contributed by atoms with Gasteiger partial charge in [-0.3, -0.25) is 14.4 Å². The number of carbonyl (C=O) groups excluding carboxylic acids is 3. The Balaban J connectivity index is 3.89. The van der Waals surface area contributed by atoms with Crippen molar-refractivity contribution in [2.75, 3.05) is 13.2 Å². The minimum absolute atomic E-state index is 0.0698. The predicted molar refractivity (Wildman–Crippen MR) is 256 cm³/mol. The highest BCUT2D eigenvalue weighted by atomic mass is 16.6. The zero-order chi connectivity index (χ0) is 43.7. The van der Waals surface area contributed by atoms with Gasteiger partial charge < -0.3 is 14.2 Å². The van der Waals surface area contributed by atoms with Crippen LogP contribution in [0, 0.1) is 0 Å². The number of ether oxygens (including phenoxy) is 3. The quantitative estimate of drug-likeness (QED) is 0.0263. The monoisotopic (exact) mass is 841 g/mol. The van der Waals surface area contributed by atoms with Crippen LogP contribution in [0.5, 0.6) is 0 Å². The lowest BCUT2D eigenvalue weighted by atomic mass is 10.0. The van der Waals surface area contributed by atoms with E-state index in [1.807, 2.05) is 0 Å². The maximum absolute atomic E-state index is 12.6. The highest BCUT2D eigenvalue weighted by Crippen LogP contribution is 2.16. The molecule has 0 amide bonds. The summed E-state index contributed by atoms with van der Waals surface area (Å²) in [4.78, 5) is 37.4. The highest BCUT2D eigenvalue weighted by Gasteiger charge is 2.19. The molecule has 0 rings (SSSR count). The van der Waals surface area contributed by atoms with E-state index in [1.165, 1.54) is 135 Å². The van der Waals surface area contributed by atoms with Crippen LogP contribution in [-0.2, 0) is 28.6 Å². The summed E-state index contributed by atoms with van der Waals surface area (Å²) in [6.45, 7) is 6.43. The van der Waals surface area contributed by atoms with Gasteiger partial charge in [-0.25, -0.2) is 0 Å². The van der Waals surface area contributed by atoms with E-state index in [0.29, 0.717) is 19.3 Å². The van der Waals surface area contributed by atoms with Crippen LogP contribution < -0.4 is 0 Å². The Morgan fingerprint density at radius 2 is 0.650 bits per heavy atom. The molecule has 0 saturated heterocycles. The van der Waals surface area contributed by atoms with Crippen LogP contribution in [0.25, 0.3) is 0 Å².